The molecule has 128 valence electrons. The summed E-state index contributed by atoms with van der Waals surface area (Å²) in [6.07, 6.45) is 17.0. The normalized spacial score (nSPS) is 13.6. The standard InChI is InChI=1S/C20H42O/c1-5-9-12-16-19(15-8-4)20(21,17-13-10-6-2)18-14-11-7-3/h19,21H,5-18H2,1-4H3. The van der Waals surface area contributed by atoms with E-state index in [-0.39, 0.29) is 5.60 Å². The van der Waals surface area contributed by atoms with Crippen molar-refractivity contribution in [2.45, 2.75) is 123 Å². The van der Waals surface area contributed by atoms with Crippen LogP contribution in [0.1, 0.15) is 118 Å². The van der Waals surface area contributed by atoms with Crippen LogP contribution in [-0.2, 0) is 0 Å². The first-order valence-electron chi connectivity index (χ1n) is 9.86. The Morgan fingerprint density at radius 1 is 0.619 bits per heavy atom. The molecule has 0 rings (SSSR count). The van der Waals surface area contributed by atoms with E-state index in [9.17, 15) is 5.11 Å². The maximum Gasteiger partial charge on any atom is 0.0675 e. The predicted octanol–water partition coefficient (Wildman–Crippen LogP) is 6.87. The lowest BCUT2D eigenvalue weighted by Crippen LogP contribution is -2.38. The molecular weight excluding hydrogens is 256 g/mol. The quantitative estimate of drug-likeness (QED) is 0.327. The van der Waals surface area contributed by atoms with Gasteiger partial charge in [-0.25, -0.2) is 0 Å². The summed E-state index contributed by atoms with van der Waals surface area (Å²) in [6.45, 7) is 9.04. The molecule has 0 saturated carbocycles. The van der Waals surface area contributed by atoms with Crippen molar-refractivity contribution >= 4 is 0 Å². The molecule has 0 heterocycles. The van der Waals surface area contributed by atoms with Crippen molar-refractivity contribution in [1.29, 1.82) is 0 Å². The van der Waals surface area contributed by atoms with Crippen molar-refractivity contribution in [1.82, 2.24) is 0 Å². The molecule has 1 N–H and O–H groups in total. The van der Waals surface area contributed by atoms with Gasteiger partial charge in [-0.05, 0) is 31.6 Å². The Labute approximate surface area is 134 Å². The van der Waals surface area contributed by atoms with Gasteiger partial charge in [0.05, 0.1) is 5.60 Å². The lowest BCUT2D eigenvalue weighted by Gasteiger charge is -2.37. The smallest absolute Gasteiger partial charge is 0.0675 e. The molecular formula is C20H42O. The number of hydrogen-bond acceptors (Lipinski definition) is 1. The zero-order valence-electron chi connectivity index (χ0n) is 15.4. The van der Waals surface area contributed by atoms with Crippen LogP contribution in [-0.4, -0.2) is 10.7 Å². The highest BCUT2D eigenvalue weighted by Crippen LogP contribution is 2.36. The monoisotopic (exact) mass is 298 g/mol. The molecule has 0 spiro atoms. The molecule has 1 atom stereocenters. The Morgan fingerprint density at radius 3 is 1.52 bits per heavy atom. The van der Waals surface area contributed by atoms with Crippen molar-refractivity contribution in [2.75, 3.05) is 0 Å². The molecule has 21 heavy (non-hydrogen) atoms. The van der Waals surface area contributed by atoms with Crippen molar-refractivity contribution in [3.63, 3.8) is 0 Å². The second-order valence-electron chi connectivity index (χ2n) is 7.00. The molecule has 0 aromatic rings. The molecule has 1 unspecified atom stereocenters. The molecule has 0 saturated heterocycles. The van der Waals surface area contributed by atoms with E-state index < -0.39 is 0 Å². The predicted molar refractivity (Wildman–Crippen MR) is 95.8 cm³/mol. The summed E-state index contributed by atoms with van der Waals surface area (Å²) in [7, 11) is 0. The van der Waals surface area contributed by atoms with Gasteiger partial charge < -0.3 is 5.11 Å². The van der Waals surface area contributed by atoms with Gasteiger partial charge in [-0.2, -0.15) is 0 Å². The van der Waals surface area contributed by atoms with Crippen LogP contribution in [0.3, 0.4) is 0 Å². The van der Waals surface area contributed by atoms with Gasteiger partial charge in [0.15, 0.2) is 0 Å². The minimum Gasteiger partial charge on any atom is -0.390 e. The SMILES string of the molecule is CCCCCC(CCC)C(O)(CCCCC)CCCCC. The van der Waals surface area contributed by atoms with Gasteiger partial charge in [-0.1, -0.05) is 91.9 Å². The minimum atomic E-state index is -0.381. The van der Waals surface area contributed by atoms with Gasteiger partial charge in [0, 0.05) is 0 Å². The topological polar surface area (TPSA) is 20.2 Å². The lowest BCUT2D eigenvalue weighted by molar-refractivity contribution is -0.0449. The van der Waals surface area contributed by atoms with E-state index in [0.717, 1.165) is 12.8 Å². The van der Waals surface area contributed by atoms with Gasteiger partial charge in [0.1, 0.15) is 0 Å². The zero-order valence-corrected chi connectivity index (χ0v) is 15.4. The summed E-state index contributed by atoms with van der Waals surface area (Å²) in [4.78, 5) is 0. The molecule has 0 radical (unpaired) electrons. The van der Waals surface area contributed by atoms with Crippen molar-refractivity contribution < 1.29 is 5.11 Å². The molecule has 0 aliphatic rings. The van der Waals surface area contributed by atoms with E-state index in [1.807, 2.05) is 0 Å². The third-order valence-electron chi connectivity index (χ3n) is 4.98. The van der Waals surface area contributed by atoms with Gasteiger partial charge in [0.2, 0.25) is 0 Å². The third kappa shape index (κ3) is 9.55. The van der Waals surface area contributed by atoms with Crippen LogP contribution in [0.4, 0.5) is 0 Å². The van der Waals surface area contributed by atoms with Gasteiger partial charge in [-0.3, -0.25) is 0 Å². The molecule has 0 aromatic heterocycles. The van der Waals surface area contributed by atoms with E-state index in [2.05, 4.69) is 27.7 Å². The zero-order chi connectivity index (χ0) is 16.0. The fraction of sp³-hybridized carbons (Fsp3) is 1.00. The Hall–Kier alpha value is -0.0400. The maximum absolute atomic E-state index is 11.4. The highest BCUT2D eigenvalue weighted by atomic mass is 16.3. The van der Waals surface area contributed by atoms with Crippen LogP contribution in [0.5, 0.6) is 0 Å². The van der Waals surface area contributed by atoms with Crippen molar-refractivity contribution in [3.05, 3.63) is 0 Å². The number of unbranched alkanes of at least 4 members (excludes halogenated alkanes) is 6. The Balaban J connectivity index is 4.62. The van der Waals surface area contributed by atoms with Crippen LogP contribution in [0.2, 0.25) is 0 Å². The molecule has 0 bridgehead atoms. The number of aliphatic hydroxyl groups is 1. The van der Waals surface area contributed by atoms with Crippen LogP contribution in [0.25, 0.3) is 0 Å². The molecule has 0 fully saturated rings. The van der Waals surface area contributed by atoms with Gasteiger partial charge in [0.25, 0.3) is 0 Å². The minimum absolute atomic E-state index is 0.381. The summed E-state index contributed by atoms with van der Waals surface area (Å²) in [5.74, 6) is 0.530. The Morgan fingerprint density at radius 2 is 1.10 bits per heavy atom. The average molecular weight is 299 g/mol. The maximum atomic E-state index is 11.4. The number of rotatable bonds is 15. The summed E-state index contributed by atoms with van der Waals surface area (Å²) in [5.41, 5.74) is -0.381. The first kappa shape index (κ1) is 21.0. The van der Waals surface area contributed by atoms with Crippen molar-refractivity contribution in [3.8, 4) is 0 Å². The molecule has 1 nitrogen and oxygen atoms in total. The fourth-order valence-corrected chi connectivity index (χ4v) is 3.57. The summed E-state index contributed by atoms with van der Waals surface area (Å²) < 4.78 is 0. The first-order valence-corrected chi connectivity index (χ1v) is 9.86. The van der Waals surface area contributed by atoms with Crippen LogP contribution >= 0.6 is 0 Å². The summed E-state index contributed by atoms with van der Waals surface area (Å²) in [6, 6.07) is 0. The molecule has 0 aliphatic carbocycles. The summed E-state index contributed by atoms with van der Waals surface area (Å²) >= 11 is 0. The van der Waals surface area contributed by atoms with Crippen LogP contribution < -0.4 is 0 Å². The van der Waals surface area contributed by atoms with E-state index in [0.29, 0.717) is 5.92 Å². The van der Waals surface area contributed by atoms with Gasteiger partial charge >= 0.3 is 0 Å². The van der Waals surface area contributed by atoms with Crippen LogP contribution in [0.15, 0.2) is 0 Å². The number of hydrogen-bond donors (Lipinski definition) is 1. The summed E-state index contributed by atoms with van der Waals surface area (Å²) in [5, 5.41) is 11.4. The van der Waals surface area contributed by atoms with E-state index >= 15 is 0 Å². The van der Waals surface area contributed by atoms with Gasteiger partial charge in [-0.15, -0.1) is 0 Å². The first-order chi connectivity index (χ1) is 10.1. The molecule has 0 aliphatic heterocycles. The highest BCUT2D eigenvalue weighted by Gasteiger charge is 2.34. The lowest BCUT2D eigenvalue weighted by atomic mass is 9.74. The highest BCUT2D eigenvalue weighted by molar-refractivity contribution is 4.86. The largest absolute Gasteiger partial charge is 0.390 e. The second-order valence-corrected chi connectivity index (χ2v) is 7.00. The van der Waals surface area contributed by atoms with Crippen molar-refractivity contribution in [2.24, 2.45) is 5.92 Å². The van der Waals surface area contributed by atoms with E-state index in [1.165, 1.54) is 77.0 Å². The fourth-order valence-electron chi connectivity index (χ4n) is 3.57. The van der Waals surface area contributed by atoms with E-state index in [4.69, 9.17) is 0 Å². The third-order valence-corrected chi connectivity index (χ3v) is 4.98. The molecule has 0 amide bonds. The van der Waals surface area contributed by atoms with Crippen LogP contribution in [0, 0.1) is 5.92 Å². The Kier molecular flexibility index (Phi) is 13.6. The Bertz CT molecular complexity index is 202. The molecule has 1 heteroatoms. The van der Waals surface area contributed by atoms with E-state index in [1.54, 1.807) is 0 Å². The second kappa shape index (κ2) is 13.6. The molecule has 0 aromatic carbocycles. The average Bonchev–Trinajstić information content (AvgIpc) is 2.47.